The number of carbonyl (C=O) groups excluding carboxylic acids is 2. The van der Waals surface area contributed by atoms with Crippen molar-refractivity contribution >= 4 is 18.1 Å². The number of alkyl carbamates (subject to hydrolysis) is 1. The van der Waals surface area contributed by atoms with E-state index in [-0.39, 0.29) is 0 Å². The zero-order valence-corrected chi connectivity index (χ0v) is 16.8. The first-order valence-corrected chi connectivity index (χ1v) is 8.62. The van der Waals surface area contributed by atoms with Crippen LogP contribution in [0.5, 0.6) is 0 Å². The van der Waals surface area contributed by atoms with Gasteiger partial charge in [0.2, 0.25) is 5.96 Å². The van der Waals surface area contributed by atoms with Crippen LogP contribution in [-0.4, -0.2) is 34.2 Å². The summed E-state index contributed by atoms with van der Waals surface area (Å²) in [5.74, 6) is -0.466. The van der Waals surface area contributed by atoms with E-state index in [2.05, 4.69) is 11.9 Å². The van der Waals surface area contributed by atoms with Crippen LogP contribution in [0, 0.1) is 5.41 Å². The summed E-state index contributed by atoms with van der Waals surface area (Å²) in [4.78, 5) is 25.8. The van der Waals surface area contributed by atoms with E-state index in [0.29, 0.717) is 5.56 Å². The third-order valence-electron chi connectivity index (χ3n) is 3.09. The average Bonchev–Trinajstić information content (AvgIpc) is 2.49. The Bertz CT molecular complexity index is 687. The zero-order valence-electron chi connectivity index (χ0n) is 16.8. The zero-order chi connectivity index (χ0) is 20.8. The van der Waals surface area contributed by atoms with Gasteiger partial charge in [-0.15, -0.1) is 6.58 Å². The van der Waals surface area contributed by atoms with E-state index in [1.54, 1.807) is 53.7 Å². The van der Waals surface area contributed by atoms with Crippen molar-refractivity contribution in [2.45, 2.75) is 58.8 Å². The lowest BCUT2D eigenvalue weighted by atomic mass is 10.1. The number of hydrogen-bond donors (Lipinski definition) is 2. The first-order chi connectivity index (χ1) is 12.3. The molecule has 0 spiro atoms. The minimum Gasteiger partial charge on any atom is -0.444 e. The van der Waals surface area contributed by atoms with Gasteiger partial charge in [0.05, 0.1) is 6.04 Å². The molecule has 2 amide bonds. The Labute approximate surface area is 160 Å². The normalized spacial score (nSPS) is 12.5. The molecule has 27 heavy (non-hydrogen) atoms. The van der Waals surface area contributed by atoms with Crippen molar-refractivity contribution in [2.75, 3.05) is 0 Å². The van der Waals surface area contributed by atoms with Gasteiger partial charge in [-0.1, -0.05) is 36.4 Å². The standard InChI is InChI=1S/C20H29N3O4/c1-8-15(14-12-10-9-11-13-14)23(18(25)27-20(5,6)7)16(21)22-17(24)26-19(2,3)4/h8-13,15H,1H2,2-7H3,(H2,21,22,24). The largest absolute Gasteiger partial charge is 0.444 e. The van der Waals surface area contributed by atoms with Gasteiger partial charge < -0.3 is 9.47 Å². The molecular weight excluding hydrogens is 346 g/mol. The summed E-state index contributed by atoms with van der Waals surface area (Å²) < 4.78 is 10.6. The van der Waals surface area contributed by atoms with E-state index in [4.69, 9.17) is 14.9 Å². The van der Waals surface area contributed by atoms with Gasteiger partial charge in [0, 0.05) is 0 Å². The Morgan fingerprint density at radius 3 is 2.04 bits per heavy atom. The van der Waals surface area contributed by atoms with Crippen LogP contribution in [-0.2, 0) is 9.47 Å². The molecule has 1 aromatic rings. The van der Waals surface area contributed by atoms with E-state index in [1.807, 2.05) is 18.2 Å². The second-order valence-corrected chi connectivity index (χ2v) is 7.92. The Kier molecular flexibility index (Phi) is 7.16. The highest BCUT2D eigenvalue weighted by Crippen LogP contribution is 2.24. The van der Waals surface area contributed by atoms with Crippen molar-refractivity contribution in [3.63, 3.8) is 0 Å². The van der Waals surface area contributed by atoms with Gasteiger partial charge in [0.25, 0.3) is 0 Å². The van der Waals surface area contributed by atoms with Gasteiger partial charge >= 0.3 is 12.2 Å². The van der Waals surface area contributed by atoms with Crippen molar-refractivity contribution in [1.82, 2.24) is 10.2 Å². The molecule has 1 rings (SSSR count). The summed E-state index contributed by atoms with van der Waals surface area (Å²) >= 11 is 0. The van der Waals surface area contributed by atoms with Crippen LogP contribution >= 0.6 is 0 Å². The van der Waals surface area contributed by atoms with E-state index in [1.165, 1.54) is 6.08 Å². The van der Waals surface area contributed by atoms with Crippen molar-refractivity contribution in [1.29, 1.82) is 5.41 Å². The molecule has 0 heterocycles. The molecule has 0 saturated heterocycles. The van der Waals surface area contributed by atoms with Gasteiger partial charge in [0.15, 0.2) is 0 Å². The monoisotopic (exact) mass is 375 g/mol. The predicted octanol–water partition coefficient (Wildman–Crippen LogP) is 4.61. The van der Waals surface area contributed by atoms with Gasteiger partial charge in [-0.2, -0.15) is 0 Å². The molecule has 148 valence electrons. The van der Waals surface area contributed by atoms with Crippen molar-refractivity contribution < 1.29 is 19.1 Å². The van der Waals surface area contributed by atoms with Crippen molar-refractivity contribution in [2.24, 2.45) is 0 Å². The van der Waals surface area contributed by atoms with Crippen molar-refractivity contribution in [3.8, 4) is 0 Å². The number of nitrogens with one attached hydrogen (secondary N) is 2. The first kappa shape index (κ1) is 22.2. The number of carbonyl (C=O) groups is 2. The van der Waals surface area contributed by atoms with E-state index < -0.39 is 35.4 Å². The van der Waals surface area contributed by atoms with E-state index >= 15 is 0 Å². The molecule has 0 aliphatic heterocycles. The number of guanidine groups is 1. The number of hydrogen-bond acceptors (Lipinski definition) is 5. The van der Waals surface area contributed by atoms with Crippen LogP contribution in [0.25, 0.3) is 0 Å². The summed E-state index contributed by atoms with van der Waals surface area (Å²) in [5.41, 5.74) is -0.795. The van der Waals surface area contributed by atoms with E-state index in [9.17, 15) is 9.59 Å². The number of nitrogens with zero attached hydrogens (tertiary/aromatic N) is 1. The van der Waals surface area contributed by atoms with Crippen LogP contribution in [0.4, 0.5) is 9.59 Å². The lowest BCUT2D eigenvalue weighted by molar-refractivity contribution is 0.0322. The number of amides is 2. The Morgan fingerprint density at radius 1 is 1.07 bits per heavy atom. The first-order valence-electron chi connectivity index (χ1n) is 8.62. The highest BCUT2D eigenvalue weighted by atomic mass is 16.6. The molecule has 0 fully saturated rings. The van der Waals surface area contributed by atoms with Crippen molar-refractivity contribution in [3.05, 3.63) is 48.6 Å². The molecular formula is C20H29N3O4. The average molecular weight is 375 g/mol. The van der Waals surface area contributed by atoms with Crippen LogP contribution in [0.3, 0.4) is 0 Å². The summed E-state index contributed by atoms with van der Waals surface area (Å²) in [6, 6.07) is 8.35. The summed E-state index contributed by atoms with van der Waals surface area (Å²) in [6.45, 7) is 14.1. The Hall–Kier alpha value is -2.83. The van der Waals surface area contributed by atoms with Gasteiger partial charge in [-0.25, -0.2) is 14.5 Å². The minimum atomic E-state index is -0.836. The fourth-order valence-electron chi connectivity index (χ4n) is 2.16. The lowest BCUT2D eigenvalue weighted by Gasteiger charge is -2.32. The maximum atomic E-state index is 12.8. The highest BCUT2D eigenvalue weighted by Gasteiger charge is 2.32. The molecule has 7 nitrogen and oxygen atoms in total. The topological polar surface area (TPSA) is 91.7 Å². The third kappa shape index (κ3) is 7.52. The second-order valence-electron chi connectivity index (χ2n) is 7.92. The molecule has 0 saturated carbocycles. The maximum Gasteiger partial charge on any atom is 0.418 e. The molecule has 0 aliphatic rings. The van der Waals surface area contributed by atoms with Crippen LogP contribution in [0.1, 0.15) is 53.1 Å². The molecule has 1 aromatic carbocycles. The van der Waals surface area contributed by atoms with Crippen LogP contribution < -0.4 is 5.32 Å². The lowest BCUT2D eigenvalue weighted by Crippen LogP contribution is -2.50. The summed E-state index contributed by atoms with van der Waals surface area (Å²) in [5, 5.41) is 10.6. The Morgan fingerprint density at radius 2 is 1.59 bits per heavy atom. The summed E-state index contributed by atoms with van der Waals surface area (Å²) in [7, 11) is 0. The maximum absolute atomic E-state index is 12.8. The number of benzene rings is 1. The fourth-order valence-corrected chi connectivity index (χ4v) is 2.16. The SMILES string of the molecule is C=CC(c1ccccc1)N(C(=N)NC(=O)OC(C)(C)C)C(=O)OC(C)(C)C. The minimum absolute atomic E-state index is 0.466. The molecule has 2 N–H and O–H groups in total. The van der Waals surface area contributed by atoms with Crippen LogP contribution in [0.2, 0.25) is 0 Å². The highest BCUT2D eigenvalue weighted by molar-refractivity contribution is 6.00. The molecule has 7 heteroatoms. The molecule has 0 radical (unpaired) electrons. The Balaban J connectivity index is 3.17. The smallest absolute Gasteiger partial charge is 0.418 e. The van der Waals surface area contributed by atoms with Crippen LogP contribution in [0.15, 0.2) is 43.0 Å². The second kappa shape index (κ2) is 8.70. The molecule has 1 atom stereocenters. The van der Waals surface area contributed by atoms with Gasteiger partial charge in [-0.05, 0) is 47.1 Å². The quantitative estimate of drug-likeness (QED) is 0.458. The molecule has 1 unspecified atom stereocenters. The number of rotatable bonds is 3. The summed E-state index contributed by atoms with van der Waals surface area (Å²) in [6.07, 6.45) is -0.112. The van der Waals surface area contributed by atoms with Gasteiger partial charge in [-0.3, -0.25) is 10.7 Å². The molecule has 0 aliphatic carbocycles. The fraction of sp³-hybridized carbons (Fsp3) is 0.450. The van der Waals surface area contributed by atoms with Gasteiger partial charge in [0.1, 0.15) is 11.2 Å². The number of ether oxygens (including phenoxy) is 2. The molecule has 0 bridgehead atoms. The molecule has 0 aromatic heterocycles. The predicted molar refractivity (Wildman–Crippen MR) is 105 cm³/mol. The van der Waals surface area contributed by atoms with E-state index in [0.717, 1.165) is 4.90 Å². The third-order valence-corrected chi connectivity index (χ3v) is 3.09.